The molecule has 0 radical (unpaired) electrons. The lowest BCUT2D eigenvalue weighted by Gasteiger charge is -2.14. The Morgan fingerprint density at radius 1 is 1.42 bits per heavy atom. The topological polar surface area (TPSA) is 45.2 Å². The maximum absolute atomic E-state index is 9.15. The fourth-order valence-corrected chi connectivity index (χ4v) is 2.67. The predicted octanol–water partition coefficient (Wildman–Crippen LogP) is 3.05. The molecular formula is C15H20N2OS. The number of rotatable bonds is 6. The van der Waals surface area contributed by atoms with Crippen molar-refractivity contribution in [2.24, 2.45) is 0 Å². The molecule has 1 aromatic heterocycles. The molecule has 102 valence electrons. The molecule has 2 N–H and O–H groups in total. The van der Waals surface area contributed by atoms with Crippen LogP contribution < -0.4 is 5.32 Å². The van der Waals surface area contributed by atoms with Crippen molar-refractivity contribution in [1.29, 1.82) is 0 Å². The molecule has 1 heterocycles. The maximum atomic E-state index is 9.15. The van der Waals surface area contributed by atoms with Crippen LogP contribution in [0.15, 0.2) is 29.6 Å². The number of aliphatic hydroxyl groups excluding tert-OH is 1. The standard InChI is InChI=1S/C15H20N2OS/c1-3-15-17-14(10-19-15)8-16-11(2)13-6-4-5-12(7-13)9-18/h4-7,10-11,16,18H,3,8-9H2,1-2H3. The van der Waals surface area contributed by atoms with E-state index in [-0.39, 0.29) is 12.6 Å². The Morgan fingerprint density at radius 2 is 2.26 bits per heavy atom. The third-order valence-electron chi connectivity index (χ3n) is 3.12. The summed E-state index contributed by atoms with van der Waals surface area (Å²) in [5.74, 6) is 0. The molecule has 3 nitrogen and oxygen atoms in total. The molecular weight excluding hydrogens is 256 g/mol. The van der Waals surface area contributed by atoms with E-state index in [1.807, 2.05) is 18.2 Å². The van der Waals surface area contributed by atoms with Crippen molar-refractivity contribution >= 4 is 11.3 Å². The molecule has 0 saturated carbocycles. The van der Waals surface area contributed by atoms with Gasteiger partial charge in [-0.25, -0.2) is 4.98 Å². The number of benzene rings is 1. The van der Waals surface area contributed by atoms with Crippen LogP contribution in [0.2, 0.25) is 0 Å². The van der Waals surface area contributed by atoms with Crippen molar-refractivity contribution in [3.8, 4) is 0 Å². The third kappa shape index (κ3) is 3.86. The second-order valence-electron chi connectivity index (χ2n) is 4.59. The van der Waals surface area contributed by atoms with Crippen molar-refractivity contribution in [3.63, 3.8) is 0 Å². The highest BCUT2D eigenvalue weighted by Gasteiger charge is 2.07. The zero-order valence-corrected chi connectivity index (χ0v) is 12.2. The Labute approximate surface area is 118 Å². The quantitative estimate of drug-likeness (QED) is 0.852. The first-order valence-corrected chi connectivity index (χ1v) is 7.47. The first-order chi connectivity index (χ1) is 9.22. The summed E-state index contributed by atoms with van der Waals surface area (Å²) in [6.45, 7) is 5.12. The van der Waals surface area contributed by atoms with Crippen molar-refractivity contribution in [2.75, 3.05) is 0 Å². The van der Waals surface area contributed by atoms with E-state index in [1.54, 1.807) is 11.3 Å². The molecule has 2 aromatic rings. The molecule has 19 heavy (non-hydrogen) atoms. The minimum absolute atomic E-state index is 0.0898. The zero-order valence-electron chi connectivity index (χ0n) is 11.4. The molecule has 0 saturated heterocycles. The normalized spacial score (nSPS) is 12.6. The number of thiazole rings is 1. The monoisotopic (exact) mass is 276 g/mol. The van der Waals surface area contributed by atoms with Gasteiger partial charge in [0.2, 0.25) is 0 Å². The van der Waals surface area contributed by atoms with E-state index in [2.05, 4.69) is 35.6 Å². The lowest BCUT2D eigenvalue weighted by molar-refractivity contribution is 0.281. The fourth-order valence-electron chi connectivity index (χ4n) is 1.93. The number of hydrogen-bond donors (Lipinski definition) is 2. The number of aliphatic hydroxyl groups is 1. The van der Waals surface area contributed by atoms with Gasteiger partial charge in [0.25, 0.3) is 0 Å². The van der Waals surface area contributed by atoms with E-state index in [0.29, 0.717) is 0 Å². The van der Waals surface area contributed by atoms with Gasteiger partial charge in [-0.3, -0.25) is 0 Å². The summed E-state index contributed by atoms with van der Waals surface area (Å²) in [7, 11) is 0. The van der Waals surface area contributed by atoms with Crippen LogP contribution in [0.25, 0.3) is 0 Å². The summed E-state index contributed by atoms with van der Waals surface area (Å²) < 4.78 is 0. The molecule has 0 spiro atoms. The van der Waals surface area contributed by atoms with Gasteiger partial charge in [-0.15, -0.1) is 11.3 Å². The average molecular weight is 276 g/mol. The zero-order chi connectivity index (χ0) is 13.7. The van der Waals surface area contributed by atoms with E-state index in [4.69, 9.17) is 5.11 Å². The Hall–Kier alpha value is -1.23. The number of aromatic nitrogens is 1. The van der Waals surface area contributed by atoms with Crippen LogP contribution in [0.4, 0.5) is 0 Å². The van der Waals surface area contributed by atoms with Crippen LogP contribution >= 0.6 is 11.3 Å². The SMILES string of the molecule is CCc1nc(CNC(C)c2cccc(CO)c2)cs1. The molecule has 0 aliphatic carbocycles. The minimum atomic E-state index is 0.0898. The van der Waals surface area contributed by atoms with Crippen LogP contribution in [0, 0.1) is 0 Å². The summed E-state index contributed by atoms with van der Waals surface area (Å²) in [4.78, 5) is 4.54. The summed E-state index contributed by atoms with van der Waals surface area (Å²) in [5, 5.41) is 15.9. The van der Waals surface area contributed by atoms with Gasteiger partial charge in [-0.2, -0.15) is 0 Å². The first kappa shape index (κ1) is 14.2. The van der Waals surface area contributed by atoms with Crippen molar-refractivity contribution in [2.45, 2.75) is 39.5 Å². The Kier molecular flexibility index (Phi) is 5.07. The number of aryl methyl sites for hydroxylation is 1. The molecule has 0 bridgehead atoms. The second-order valence-corrected chi connectivity index (χ2v) is 5.53. The van der Waals surface area contributed by atoms with Crippen molar-refractivity contribution in [1.82, 2.24) is 10.3 Å². The summed E-state index contributed by atoms with van der Waals surface area (Å²) in [5.41, 5.74) is 3.25. The molecule has 2 rings (SSSR count). The van der Waals surface area contributed by atoms with Crippen LogP contribution in [0.3, 0.4) is 0 Å². The third-order valence-corrected chi connectivity index (χ3v) is 4.17. The molecule has 0 aliphatic heterocycles. The molecule has 1 atom stereocenters. The second kappa shape index (κ2) is 6.80. The van der Waals surface area contributed by atoms with Gasteiger partial charge in [0, 0.05) is 18.0 Å². The molecule has 0 amide bonds. The van der Waals surface area contributed by atoms with Gasteiger partial charge in [-0.1, -0.05) is 31.2 Å². The molecule has 4 heteroatoms. The van der Waals surface area contributed by atoms with Crippen molar-refractivity contribution < 1.29 is 5.11 Å². The van der Waals surface area contributed by atoms with E-state index >= 15 is 0 Å². The number of nitrogens with one attached hydrogen (secondary N) is 1. The van der Waals surface area contributed by atoms with Crippen LogP contribution in [0.1, 0.15) is 41.7 Å². The number of hydrogen-bond acceptors (Lipinski definition) is 4. The van der Waals surface area contributed by atoms with Crippen molar-refractivity contribution in [3.05, 3.63) is 51.5 Å². The van der Waals surface area contributed by atoms with Gasteiger partial charge in [-0.05, 0) is 24.5 Å². The first-order valence-electron chi connectivity index (χ1n) is 6.59. The largest absolute Gasteiger partial charge is 0.392 e. The predicted molar refractivity (Wildman–Crippen MR) is 79.1 cm³/mol. The van der Waals surface area contributed by atoms with E-state index < -0.39 is 0 Å². The fraction of sp³-hybridized carbons (Fsp3) is 0.400. The Balaban J connectivity index is 1.94. The van der Waals surface area contributed by atoms with Gasteiger partial charge < -0.3 is 10.4 Å². The van der Waals surface area contributed by atoms with Crippen LogP contribution in [-0.2, 0) is 19.6 Å². The minimum Gasteiger partial charge on any atom is -0.392 e. The lowest BCUT2D eigenvalue weighted by Crippen LogP contribution is -2.18. The van der Waals surface area contributed by atoms with Gasteiger partial charge >= 0.3 is 0 Å². The molecule has 0 aliphatic rings. The molecule has 1 unspecified atom stereocenters. The summed E-state index contributed by atoms with van der Waals surface area (Å²) in [6.07, 6.45) is 0.999. The van der Waals surface area contributed by atoms with Gasteiger partial charge in [0.05, 0.1) is 17.3 Å². The van der Waals surface area contributed by atoms with Crippen LogP contribution in [-0.4, -0.2) is 10.1 Å². The van der Waals surface area contributed by atoms with E-state index in [0.717, 1.165) is 24.2 Å². The highest BCUT2D eigenvalue weighted by molar-refractivity contribution is 7.09. The summed E-state index contributed by atoms with van der Waals surface area (Å²) >= 11 is 1.72. The average Bonchev–Trinajstić information content (AvgIpc) is 2.93. The van der Waals surface area contributed by atoms with Crippen LogP contribution in [0.5, 0.6) is 0 Å². The van der Waals surface area contributed by atoms with Gasteiger partial charge in [0.1, 0.15) is 0 Å². The maximum Gasteiger partial charge on any atom is 0.0926 e. The highest BCUT2D eigenvalue weighted by Crippen LogP contribution is 2.16. The molecule has 0 fully saturated rings. The Bertz CT molecular complexity index is 524. The summed E-state index contributed by atoms with van der Waals surface area (Å²) in [6, 6.07) is 8.28. The highest BCUT2D eigenvalue weighted by atomic mass is 32.1. The Morgan fingerprint density at radius 3 is 2.95 bits per heavy atom. The van der Waals surface area contributed by atoms with E-state index in [9.17, 15) is 0 Å². The van der Waals surface area contributed by atoms with E-state index in [1.165, 1.54) is 10.6 Å². The lowest BCUT2D eigenvalue weighted by atomic mass is 10.1. The molecule has 1 aromatic carbocycles. The number of nitrogens with zero attached hydrogens (tertiary/aromatic N) is 1. The van der Waals surface area contributed by atoms with Gasteiger partial charge in [0.15, 0.2) is 0 Å². The smallest absolute Gasteiger partial charge is 0.0926 e.